The van der Waals surface area contributed by atoms with Crippen LogP contribution in [0.2, 0.25) is 0 Å². The Kier molecular flexibility index (Phi) is 3.28. The maximum absolute atomic E-state index is 5.82. The van der Waals surface area contributed by atoms with Gasteiger partial charge < -0.3 is 11.1 Å². The van der Waals surface area contributed by atoms with Crippen LogP contribution in [0.1, 0.15) is 24.2 Å². The molecule has 0 fully saturated rings. The van der Waals surface area contributed by atoms with Crippen LogP contribution in [0.15, 0.2) is 42.6 Å². The van der Waals surface area contributed by atoms with Crippen LogP contribution in [0, 0.1) is 6.92 Å². The van der Waals surface area contributed by atoms with Crippen molar-refractivity contribution < 1.29 is 0 Å². The molecule has 0 saturated heterocycles. The summed E-state index contributed by atoms with van der Waals surface area (Å²) in [6.45, 7) is 4.12. The molecule has 0 aliphatic carbocycles. The normalized spacial score (nSPS) is 12.1. The van der Waals surface area contributed by atoms with Gasteiger partial charge in [0.05, 0.1) is 11.7 Å². The lowest BCUT2D eigenvalue weighted by molar-refractivity contribution is 0.839. The zero-order chi connectivity index (χ0) is 12.3. The topological polar surface area (TPSA) is 50.9 Å². The lowest BCUT2D eigenvalue weighted by atomic mass is 10.1. The first-order valence-corrected chi connectivity index (χ1v) is 5.70. The van der Waals surface area contributed by atoms with Gasteiger partial charge in [-0.1, -0.05) is 6.07 Å². The number of nitrogens with two attached hydrogens (primary N) is 1. The molecule has 3 heteroatoms. The van der Waals surface area contributed by atoms with Crippen molar-refractivity contribution in [2.24, 2.45) is 0 Å². The van der Waals surface area contributed by atoms with Gasteiger partial charge in [0.25, 0.3) is 0 Å². The molecular formula is C14H17N3. The second-order valence-corrected chi connectivity index (χ2v) is 4.25. The number of nitrogens with zero attached hydrogens (tertiary/aromatic N) is 1. The van der Waals surface area contributed by atoms with Crippen LogP contribution in [0.5, 0.6) is 0 Å². The smallest absolute Gasteiger partial charge is 0.0657 e. The Labute approximate surface area is 102 Å². The van der Waals surface area contributed by atoms with Crippen molar-refractivity contribution in [1.29, 1.82) is 0 Å². The van der Waals surface area contributed by atoms with Gasteiger partial charge in [0.2, 0.25) is 0 Å². The van der Waals surface area contributed by atoms with Gasteiger partial charge in [0.1, 0.15) is 0 Å². The number of pyridine rings is 1. The van der Waals surface area contributed by atoms with E-state index in [4.69, 9.17) is 5.73 Å². The van der Waals surface area contributed by atoms with Crippen molar-refractivity contribution in [2.45, 2.75) is 19.9 Å². The number of anilines is 2. The second-order valence-electron chi connectivity index (χ2n) is 4.25. The molecule has 1 heterocycles. The predicted molar refractivity (Wildman–Crippen MR) is 71.9 cm³/mol. The molecule has 0 aliphatic heterocycles. The van der Waals surface area contributed by atoms with Gasteiger partial charge in [-0.2, -0.15) is 0 Å². The molecule has 1 aromatic heterocycles. The summed E-state index contributed by atoms with van der Waals surface area (Å²) in [6.07, 6.45) is 1.80. The highest BCUT2D eigenvalue weighted by molar-refractivity contribution is 5.57. The Bertz CT molecular complexity index is 474. The standard InChI is InChI=1S/C14H17N3/c1-10-7-12(15)9-13(8-10)17-11(2)14-5-3-4-6-16-14/h3-9,11,17H,15H2,1-2H3. The first-order valence-electron chi connectivity index (χ1n) is 5.70. The van der Waals surface area contributed by atoms with E-state index in [1.165, 1.54) is 0 Å². The number of rotatable bonds is 3. The molecule has 0 bridgehead atoms. The summed E-state index contributed by atoms with van der Waals surface area (Å²) in [5.74, 6) is 0. The maximum Gasteiger partial charge on any atom is 0.0657 e. The van der Waals surface area contributed by atoms with Crippen molar-refractivity contribution in [2.75, 3.05) is 11.1 Å². The molecule has 2 rings (SSSR count). The quantitative estimate of drug-likeness (QED) is 0.792. The van der Waals surface area contributed by atoms with Gasteiger partial charge in [0, 0.05) is 17.6 Å². The van der Waals surface area contributed by atoms with Crippen molar-refractivity contribution >= 4 is 11.4 Å². The largest absolute Gasteiger partial charge is 0.399 e. The zero-order valence-corrected chi connectivity index (χ0v) is 10.1. The monoisotopic (exact) mass is 227 g/mol. The van der Waals surface area contributed by atoms with Crippen LogP contribution >= 0.6 is 0 Å². The Hall–Kier alpha value is -2.03. The number of nitrogens with one attached hydrogen (secondary N) is 1. The Morgan fingerprint density at radius 3 is 2.71 bits per heavy atom. The van der Waals surface area contributed by atoms with Gasteiger partial charge in [-0.05, 0) is 49.7 Å². The van der Waals surface area contributed by atoms with E-state index in [-0.39, 0.29) is 6.04 Å². The lowest BCUT2D eigenvalue weighted by Gasteiger charge is -2.15. The molecule has 1 unspecified atom stereocenters. The van der Waals surface area contributed by atoms with E-state index in [0.717, 1.165) is 22.6 Å². The minimum absolute atomic E-state index is 0.164. The van der Waals surface area contributed by atoms with E-state index < -0.39 is 0 Å². The van der Waals surface area contributed by atoms with Crippen molar-refractivity contribution in [3.63, 3.8) is 0 Å². The van der Waals surface area contributed by atoms with E-state index in [2.05, 4.69) is 23.3 Å². The van der Waals surface area contributed by atoms with E-state index in [9.17, 15) is 0 Å². The van der Waals surface area contributed by atoms with E-state index >= 15 is 0 Å². The first-order chi connectivity index (χ1) is 8.15. The minimum Gasteiger partial charge on any atom is -0.399 e. The highest BCUT2D eigenvalue weighted by Crippen LogP contribution is 2.21. The maximum atomic E-state index is 5.82. The Balaban J connectivity index is 2.16. The fraction of sp³-hybridized carbons (Fsp3) is 0.214. The summed E-state index contributed by atoms with van der Waals surface area (Å²) in [7, 11) is 0. The number of hydrogen-bond donors (Lipinski definition) is 2. The first kappa shape index (κ1) is 11.5. The third-order valence-electron chi connectivity index (χ3n) is 2.61. The fourth-order valence-corrected chi connectivity index (χ4v) is 1.85. The SMILES string of the molecule is Cc1cc(N)cc(NC(C)c2ccccn2)c1. The molecule has 1 atom stereocenters. The highest BCUT2D eigenvalue weighted by atomic mass is 14.9. The molecule has 88 valence electrons. The average Bonchev–Trinajstić information content (AvgIpc) is 2.28. The van der Waals surface area contributed by atoms with Crippen LogP contribution in [0.4, 0.5) is 11.4 Å². The summed E-state index contributed by atoms with van der Waals surface area (Å²) in [5, 5.41) is 3.40. The molecule has 0 amide bonds. The van der Waals surface area contributed by atoms with Crippen LogP contribution in [-0.2, 0) is 0 Å². The fourth-order valence-electron chi connectivity index (χ4n) is 1.85. The molecule has 0 spiro atoms. The van der Waals surface area contributed by atoms with Crippen LogP contribution < -0.4 is 11.1 Å². The third kappa shape index (κ3) is 2.97. The van der Waals surface area contributed by atoms with Crippen molar-refractivity contribution in [3.05, 3.63) is 53.9 Å². The summed E-state index contributed by atoms with van der Waals surface area (Å²) >= 11 is 0. The van der Waals surface area contributed by atoms with Crippen molar-refractivity contribution in [3.8, 4) is 0 Å². The van der Waals surface area contributed by atoms with Crippen LogP contribution in [-0.4, -0.2) is 4.98 Å². The lowest BCUT2D eigenvalue weighted by Crippen LogP contribution is -2.08. The summed E-state index contributed by atoms with van der Waals surface area (Å²) < 4.78 is 0. The molecule has 17 heavy (non-hydrogen) atoms. The molecule has 0 aliphatic rings. The molecular weight excluding hydrogens is 210 g/mol. The van der Waals surface area contributed by atoms with Gasteiger partial charge in [0.15, 0.2) is 0 Å². The summed E-state index contributed by atoms with van der Waals surface area (Å²) in [5.41, 5.74) is 9.80. The number of benzene rings is 1. The summed E-state index contributed by atoms with van der Waals surface area (Å²) in [6, 6.07) is 12.1. The molecule has 1 aromatic carbocycles. The summed E-state index contributed by atoms with van der Waals surface area (Å²) in [4.78, 5) is 4.33. The molecule has 0 radical (unpaired) electrons. The van der Waals surface area contributed by atoms with Gasteiger partial charge in [-0.25, -0.2) is 0 Å². The molecule has 0 saturated carbocycles. The van der Waals surface area contributed by atoms with Gasteiger partial charge in [-0.15, -0.1) is 0 Å². The third-order valence-corrected chi connectivity index (χ3v) is 2.61. The Morgan fingerprint density at radius 2 is 2.06 bits per heavy atom. The number of nitrogen functional groups attached to an aromatic ring is 1. The molecule has 3 N–H and O–H groups in total. The van der Waals surface area contributed by atoms with E-state index in [0.29, 0.717) is 0 Å². The zero-order valence-electron chi connectivity index (χ0n) is 10.1. The van der Waals surface area contributed by atoms with Crippen LogP contribution in [0.3, 0.4) is 0 Å². The predicted octanol–water partition coefficient (Wildman–Crippen LogP) is 3.15. The molecule has 2 aromatic rings. The number of aryl methyl sites for hydroxylation is 1. The van der Waals surface area contributed by atoms with Gasteiger partial charge >= 0.3 is 0 Å². The molecule has 3 nitrogen and oxygen atoms in total. The number of hydrogen-bond acceptors (Lipinski definition) is 3. The average molecular weight is 227 g/mol. The second kappa shape index (κ2) is 4.87. The van der Waals surface area contributed by atoms with E-state index in [1.807, 2.05) is 37.3 Å². The van der Waals surface area contributed by atoms with Crippen LogP contribution in [0.25, 0.3) is 0 Å². The Morgan fingerprint density at radius 1 is 1.24 bits per heavy atom. The minimum atomic E-state index is 0.164. The van der Waals surface area contributed by atoms with E-state index in [1.54, 1.807) is 6.20 Å². The number of aromatic nitrogens is 1. The highest BCUT2D eigenvalue weighted by Gasteiger charge is 2.06. The van der Waals surface area contributed by atoms with Crippen molar-refractivity contribution in [1.82, 2.24) is 4.98 Å². The van der Waals surface area contributed by atoms with Gasteiger partial charge in [-0.3, -0.25) is 4.98 Å².